The number of hydrogen-bond donors (Lipinski definition) is 0. The third-order valence-corrected chi connectivity index (χ3v) is 3.95. The normalized spacial score (nSPS) is 22.5. The number of ether oxygens (including phenoxy) is 1. The van der Waals surface area contributed by atoms with Crippen LogP contribution in [-0.2, 0) is 9.53 Å². The van der Waals surface area contributed by atoms with Crippen molar-refractivity contribution < 1.29 is 9.53 Å². The minimum Gasteiger partial charge on any atom is -0.466 e. The van der Waals surface area contributed by atoms with E-state index in [1.54, 1.807) is 0 Å². The molecule has 3 nitrogen and oxygen atoms in total. The van der Waals surface area contributed by atoms with E-state index in [2.05, 4.69) is 13.0 Å². The highest BCUT2D eigenvalue weighted by Gasteiger charge is 2.38. The summed E-state index contributed by atoms with van der Waals surface area (Å²) >= 11 is 0. The lowest BCUT2D eigenvalue weighted by atomic mass is 9.67. The molecule has 19 heavy (non-hydrogen) atoms. The lowest BCUT2D eigenvalue weighted by Gasteiger charge is -2.35. The van der Waals surface area contributed by atoms with Gasteiger partial charge in [0.15, 0.2) is 0 Å². The van der Waals surface area contributed by atoms with Crippen molar-refractivity contribution in [2.24, 2.45) is 5.41 Å². The fraction of sp³-hybridized carbons (Fsp3) is 0.750. The topological polar surface area (TPSA) is 50.1 Å². The molecule has 0 saturated heterocycles. The quantitative estimate of drug-likeness (QED) is 0.512. The molecule has 0 N–H and O–H groups in total. The van der Waals surface area contributed by atoms with Crippen molar-refractivity contribution in [1.29, 1.82) is 5.26 Å². The Morgan fingerprint density at radius 3 is 2.89 bits per heavy atom. The van der Waals surface area contributed by atoms with Crippen LogP contribution in [0.1, 0.15) is 65.2 Å². The van der Waals surface area contributed by atoms with Crippen LogP contribution in [0, 0.1) is 16.7 Å². The average Bonchev–Trinajstić information content (AvgIpc) is 2.40. The molecule has 0 amide bonds. The molecular formula is C16H25NO2. The van der Waals surface area contributed by atoms with Gasteiger partial charge in [-0.15, -0.1) is 0 Å². The van der Waals surface area contributed by atoms with Gasteiger partial charge in [0.05, 0.1) is 19.1 Å². The van der Waals surface area contributed by atoms with E-state index in [1.165, 1.54) is 0 Å². The fourth-order valence-electron chi connectivity index (χ4n) is 2.94. The molecule has 0 bridgehead atoms. The molecule has 0 aromatic rings. The zero-order chi connectivity index (χ0) is 14.1. The van der Waals surface area contributed by atoms with E-state index in [9.17, 15) is 10.1 Å². The van der Waals surface area contributed by atoms with Gasteiger partial charge in [-0.1, -0.05) is 32.3 Å². The summed E-state index contributed by atoms with van der Waals surface area (Å²) in [6.45, 7) is 4.40. The Morgan fingerprint density at radius 2 is 2.26 bits per heavy atom. The van der Waals surface area contributed by atoms with Crippen molar-refractivity contribution in [2.45, 2.75) is 65.2 Å². The van der Waals surface area contributed by atoms with Crippen LogP contribution in [0.15, 0.2) is 11.6 Å². The summed E-state index contributed by atoms with van der Waals surface area (Å²) in [5, 5.41) is 9.36. The SMILES string of the molecule is CCCCCC1(CC(=O)OCC)CCCC=C1C#N. The molecule has 1 aliphatic carbocycles. The predicted octanol–water partition coefficient (Wildman–Crippen LogP) is 4.14. The minimum atomic E-state index is -0.256. The number of esters is 1. The molecule has 0 aromatic carbocycles. The van der Waals surface area contributed by atoms with E-state index in [4.69, 9.17) is 4.74 Å². The number of nitriles is 1. The van der Waals surface area contributed by atoms with Crippen molar-refractivity contribution in [3.63, 3.8) is 0 Å². The van der Waals surface area contributed by atoms with Gasteiger partial charge in [-0.05, 0) is 32.6 Å². The Labute approximate surface area is 116 Å². The van der Waals surface area contributed by atoms with Gasteiger partial charge in [-0.25, -0.2) is 0 Å². The summed E-state index contributed by atoms with van der Waals surface area (Å²) in [6, 6.07) is 2.32. The number of unbranched alkanes of at least 4 members (excludes halogenated alkanes) is 2. The zero-order valence-electron chi connectivity index (χ0n) is 12.2. The summed E-state index contributed by atoms with van der Waals surface area (Å²) in [5.41, 5.74) is 0.553. The number of carbonyl (C=O) groups excluding carboxylic acids is 1. The first kappa shape index (κ1) is 15.8. The molecule has 1 aliphatic rings. The van der Waals surface area contributed by atoms with Crippen LogP contribution in [-0.4, -0.2) is 12.6 Å². The predicted molar refractivity (Wildman–Crippen MR) is 75.4 cm³/mol. The molecular weight excluding hydrogens is 238 g/mol. The van der Waals surface area contributed by atoms with Crippen LogP contribution < -0.4 is 0 Å². The highest BCUT2D eigenvalue weighted by atomic mass is 16.5. The summed E-state index contributed by atoms with van der Waals surface area (Å²) in [5.74, 6) is -0.165. The van der Waals surface area contributed by atoms with Crippen LogP contribution in [0.2, 0.25) is 0 Å². The summed E-state index contributed by atoms with van der Waals surface area (Å²) in [7, 11) is 0. The maximum Gasteiger partial charge on any atom is 0.306 e. The molecule has 0 aliphatic heterocycles. The lowest BCUT2D eigenvalue weighted by molar-refractivity contribution is -0.145. The van der Waals surface area contributed by atoms with E-state index >= 15 is 0 Å². The molecule has 0 spiro atoms. The fourth-order valence-corrected chi connectivity index (χ4v) is 2.94. The van der Waals surface area contributed by atoms with Gasteiger partial charge >= 0.3 is 5.97 Å². The van der Waals surface area contributed by atoms with E-state index in [-0.39, 0.29) is 11.4 Å². The molecule has 106 valence electrons. The number of allylic oxidation sites excluding steroid dienone is 2. The Balaban J connectivity index is 2.83. The maximum atomic E-state index is 11.9. The lowest BCUT2D eigenvalue weighted by Crippen LogP contribution is -2.29. The van der Waals surface area contributed by atoms with Crippen molar-refractivity contribution >= 4 is 5.97 Å². The average molecular weight is 263 g/mol. The standard InChI is InChI=1S/C16H25NO2/c1-3-5-7-10-16(12-15(18)19-4-2)11-8-6-9-14(16)13-17/h9H,3-8,10-12H2,1-2H3. The van der Waals surface area contributed by atoms with Gasteiger partial charge < -0.3 is 4.74 Å². The smallest absolute Gasteiger partial charge is 0.306 e. The molecule has 0 fully saturated rings. The van der Waals surface area contributed by atoms with Crippen molar-refractivity contribution in [2.75, 3.05) is 6.61 Å². The first-order valence-electron chi connectivity index (χ1n) is 7.45. The molecule has 1 atom stereocenters. The third-order valence-electron chi connectivity index (χ3n) is 3.95. The molecule has 0 radical (unpaired) electrons. The largest absolute Gasteiger partial charge is 0.466 e. The number of carbonyl (C=O) groups is 1. The molecule has 0 saturated carbocycles. The number of nitrogens with zero attached hydrogens (tertiary/aromatic N) is 1. The molecule has 1 rings (SSSR count). The van der Waals surface area contributed by atoms with Crippen molar-refractivity contribution in [3.05, 3.63) is 11.6 Å². The van der Waals surface area contributed by atoms with E-state index in [0.717, 1.165) is 50.5 Å². The molecule has 0 heterocycles. The minimum absolute atomic E-state index is 0.165. The molecule has 3 heteroatoms. The summed E-state index contributed by atoms with van der Waals surface area (Å²) in [4.78, 5) is 11.9. The van der Waals surface area contributed by atoms with E-state index < -0.39 is 0 Å². The summed E-state index contributed by atoms with van der Waals surface area (Å²) in [6.07, 6.45) is 9.67. The Kier molecular flexibility index (Phi) is 6.62. The monoisotopic (exact) mass is 263 g/mol. The van der Waals surface area contributed by atoms with Crippen molar-refractivity contribution in [3.8, 4) is 6.07 Å². The Hall–Kier alpha value is -1.30. The molecule has 0 aromatic heterocycles. The second-order valence-corrected chi connectivity index (χ2v) is 5.34. The first-order chi connectivity index (χ1) is 9.18. The third kappa shape index (κ3) is 4.38. The van der Waals surface area contributed by atoms with Crippen LogP contribution in [0.3, 0.4) is 0 Å². The second kappa shape index (κ2) is 7.99. The van der Waals surface area contributed by atoms with Gasteiger partial charge in [-0.2, -0.15) is 5.26 Å². The highest BCUT2D eigenvalue weighted by Crippen LogP contribution is 2.44. The Morgan fingerprint density at radius 1 is 1.47 bits per heavy atom. The number of hydrogen-bond acceptors (Lipinski definition) is 3. The van der Waals surface area contributed by atoms with Gasteiger partial charge in [0.25, 0.3) is 0 Å². The first-order valence-corrected chi connectivity index (χ1v) is 7.45. The van der Waals surface area contributed by atoms with Gasteiger partial charge in [0.2, 0.25) is 0 Å². The summed E-state index contributed by atoms with van der Waals surface area (Å²) < 4.78 is 5.09. The highest BCUT2D eigenvalue weighted by molar-refractivity contribution is 5.71. The number of rotatable bonds is 7. The van der Waals surface area contributed by atoms with Crippen LogP contribution in [0.5, 0.6) is 0 Å². The van der Waals surface area contributed by atoms with Gasteiger partial charge in [0, 0.05) is 11.0 Å². The second-order valence-electron chi connectivity index (χ2n) is 5.34. The van der Waals surface area contributed by atoms with E-state index in [1.807, 2.05) is 13.0 Å². The van der Waals surface area contributed by atoms with E-state index in [0.29, 0.717) is 13.0 Å². The van der Waals surface area contributed by atoms with Gasteiger partial charge in [-0.3, -0.25) is 4.79 Å². The van der Waals surface area contributed by atoms with Gasteiger partial charge in [0.1, 0.15) is 0 Å². The van der Waals surface area contributed by atoms with Crippen LogP contribution >= 0.6 is 0 Å². The van der Waals surface area contributed by atoms with Crippen molar-refractivity contribution in [1.82, 2.24) is 0 Å². The Bertz CT molecular complexity index is 367. The molecule has 1 unspecified atom stereocenters. The zero-order valence-corrected chi connectivity index (χ0v) is 12.2. The van der Waals surface area contributed by atoms with Crippen LogP contribution in [0.25, 0.3) is 0 Å². The maximum absolute atomic E-state index is 11.9. The van der Waals surface area contributed by atoms with Crippen LogP contribution in [0.4, 0.5) is 0 Å².